The zero-order valence-corrected chi connectivity index (χ0v) is 25.3. The van der Waals surface area contributed by atoms with Crippen molar-refractivity contribution >= 4 is 17.0 Å². The first-order chi connectivity index (χ1) is 22.3. The molecule has 0 unspecified atom stereocenters. The van der Waals surface area contributed by atoms with Crippen LogP contribution in [0.3, 0.4) is 0 Å². The number of aryl methyl sites for hydroxylation is 1. The minimum absolute atomic E-state index is 0.0119. The fraction of sp³-hybridized carbons (Fsp3) is 0.200. The number of carboxylic acids is 1. The lowest BCUT2D eigenvalue weighted by atomic mass is 10.1. The zero-order valence-electron chi connectivity index (χ0n) is 25.3. The molecule has 0 aliphatic carbocycles. The third-order valence-electron chi connectivity index (χ3n) is 7.73. The molecular weight excluding hydrogens is 592 g/mol. The van der Waals surface area contributed by atoms with E-state index >= 15 is 4.39 Å². The van der Waals surface area contributed by atoms with E-state index in [0.717, 1.165) is 11.3 Å². The number of imidazole rings is 2. The van der Waals surface area contributed by atoms with Crippen molar-refractivity contribution in [1.82, 2.24) is 24.1 Å². The summed E-state index contributed by atoms with van der Waals surface area (Å²) in [5.74, 6) is -0.973. The van der Waals surface area contributed by atoms with Crippen LogP contribution in [0.2, 0.25) is 0 Å². The Morgan fingerprint density at radius 3 is 2.57 bits per heavy atom. The quantitative estimate of drug-likeness (QED) is 0.167. The van der Waals surface area contributed by atoms with E-state index in [1.54, 1.807) is 68.2 Å². The van der Waals surface area contributed by atoms with Crippen LogP contribution in [0.1, 0.15) is 38.6 Å². The van der Waals surface area contributed by atoms with E-state index in [9.17, 15) is 14.3 Å². The number of benzene rings is 3. The van der Waals surface area contributed by atoms with Crippen LogP contribution < -0.4 is 4.74 Å². The number of carbonyl (C=O) groups is 1. The number of aromatic carboxylic acids is 1. The molecule has 3 aromatic carbocycles. The molecule has 0 amide bonds. The van der Waals surface area contributed by atoms with Crippen molar-refractivity contribution in [3.05, 3.63) is 131 Å². The summed E-state index contributed by atoms with van der Waals surface area (Å²) in [5, 5.41) is 9.62. The van der Waals surface area contributed by atoms with Crippen molar-refractivity contribution in [2.75, 3.05) is 13.7 Å². The van der Waals surface area contributed by atoms with Crippen LogP contribution >= 0.6 is 0 Å². The highest BCUT2D eigenvalue weighted by Crippen LogP contribution is 2.26. The second kappa shape index (κ2) is 13.3. The number of hydrogen-bond acceptors (Lipinski definition) is 6. The molecule has 6 rings (SSSR count). The third kappa shape index (κ3) is 6.64. The minimum Gasteiger partial charge on any atom is -0.478 e. The van der Waals surface area contributed by atoms with Gasteiger partial charge in [0, 0.05) is 43.5 Å². The van der Waals surface area contributed by atoms with Crippen LogP contribution in [-0.4, -0.2) is 48.9 Å². The average molecular weight is 624 g/mol. The fourth-order valence-electron chi connectivity index (χ4n) is 5.25. The lowest BCUT2D eigenvalue weighted by Crippen LogP contribution is -2.12. The second-order valence-corrected chi connectivity index (χ2v) is 10.9. The van der Waals surface area contributed by atoms with Gasteiger partial charge in [-0.15, -0.1) is 0 Å². The van der Waals surface area contributed by atoms with Gasteiger partial charge in [-0.25, -0.2) is 28.5 Å². The summed E-state index contributed by atoms with van der Waals surface area (Å²) in [7, 11) is 1.63. The standard InChI is InChI=1S/C35H31F2N5O4/c1-22-6-7-26(28(36)14-22)20-46-34-5-3-4-30(40-34)24-9-8-23(29(37)15-24)17-33-39-31-11-10-25(35(43)44)16-32(31)42(33)19-27-18-38-21-41(27)12-13-45-2/h3-11,14-16,18,21H,12-13,17,19-20H2,1-2H3,(H,43,44). The lowest BCUT2D eigenvalue weighted by molar-refractivity contribution is 0.0697. The zero-order chi connectivity index (χ0) is 32.2. The largest absolute Gasteiger partial charge is 0.478 e. The summed E-state index contributed by atoms with van der Waals surface area (Å²) >= 11 is 0. The molecule has 0 fully saturated rings. The number of nitrogens with zero attached hydrogens (tertiary/aromatic N) is 5. The van der Waals surface area contributed by atoms with E-state index in [2.05, 4.69) is 9.97 Å². The van der Waals surface area contributed by atoms with Crippen molar-refractivity contribution < 1.29 is 28.2 Å². The molecule has 46 heavy (non-hydrogen) atoms. The van der Waals surface area contributed by atoms with Gasteiger partial charge in [-0.3, -0.25) is 0 Å². The number of carboxylic acid groups (broad SMARTS) is 1. The molecule has 0 aliphatic heterocycles. The number of methoxy groups -OCH3 is 1. The van der Waals surface area contributed by atoms with Gasteiger partial charge >= 0.3 is 5.97 Å². The number of pyridine rings is 1. The predicted molar refractivity (Wildman–Crippen MR) is 168 cm³/mol. The van der Waals surface area contributed by atoms with E-state index in [0.29, 0.717) is 64.8 Å². The molecular formula is C35H31F2N5O4. The van der Waals surface area contributed by atoms with Gasteiger partial charge in [0.1, 0.15) is 24.1 Å². The smallest absolute Gasteiger partial charge is 0.335 e. The molecule has 0 bridgehead atoms. The SMILES string of the molecule is COCCn1cncc1Cn1c(Cc2ccc(-c3cccc(OCc4ccc(C)cc4F)n3)cc2F)nc2ccc(C(=O)O)cc21. The Kier molecular flexibility index (Phi) is 8.84. The fourth-order valence-corrected chi connectivity index (χ4v) is 5.25. The first kappa shape index (κ1) is 30.6. The summed E-state index contributed by atoms with van der Waals surface area (Å²) < 4.78 is 44.7. The Morgan fingerprint density at radius 2 is 1.78 bits per heavy atom. The minimum atomic E-state index is -1.05. The number of rotatable bonds is 12. The molecule has 9 nitrogen and oxygen atoms in total. The van der Waals surface area contributed by atoms with Crippen LogP contribution in [0.25, 0.3) is 22.3 Å². The van der Waals surface area contributed by atoms with Gasteiger partial charge in [-0.05, 0) is 54.4 Å². The van der Waals surface area contributed by atoms with Crippen molar-refractivity contribution in [2.24, 2.45) is 0 Å². The van der Waals surface area contributed by atoms with Crippen LogP contribution in [0, 0.1) is 18.6 Å². The first-order valence-corrected chi connectivity index (χ1v) is 14.6. The highest BCUT2D eigenvalue weighted by atomic mass is 19.1. The topological polar surface area (TPSA) is 104 Å². The Labute approximate surface area is 263 Å². The van der Waals surface area contributed by atoms with E-state index in [1.165, 1.54) is 18.2 Å². The number of fused-ring (bicyclic) bond motifs is 1. The predicted octanol–water partition coefficient (Wildman–Crippen LogP) is 6.44. The van der Waals surface area contributed by atoms with E-state index in [1.807, 2.05) is 22.1 Å². The molecule has 1 N–H and O–H groups in total. The maximum absolute atomic E-state index is 15.7. The molecule has 0 atom stereocenters. The van der Waals surface area contributed by atoms with Gasteiger partial charge in [0.2, 0.25) is 5.88 Å². The summed E-state index contributed by atoms with van der Waals surface area (Å²) in [6.07, 6.45) is 3.61. The molecule has 0 spiro atoms. The van der Waals surface area contributed by atoms with Gasteiger partial charge in [-0.2, -0.15) is 0 Å². The van der Waals surface area contributed by atoms with E-state index in [4.69, 9.17) is 14.5 Å². The molecule has 0 saturated heterocycles. The van der Waals surface area contributed by atoms with Crippen molar-refractivity contribution in [3.63, 3.8) is 0 Å². The number of ether oxygens (including phenoxy) is 2. The number of aromatic nitrogens is 5. The number of hydrogen-bond donors (Lipinski definition) is 1. The highest BCUT2D eigenvalue weighted by Gasteiger charge is 2.18. The molecule has 234 valence electrons. The summed E-state index contributed by atoms with van der Waals surface area (Å²) in [6.45, 7) is 3.27. The highest BCUT2D eigenvalue weighted by molar-refractivity contribution is 5.92. The monoisotopic (exact) mass is 623 g/mol. The van der Waals surface area contributed by atoms with Crippen molar-refractivity contribution in [3.8, 4) is 17.1 Å². The van der Waals surface area contributed by atoms with Crippen LogP contribution in [-0.2, 0) is 30.9 Å². The Bertz CT molecular complexity index is 2040. The molecule has 0 radical (unpaired) electrons. The molecule has 11 heteroatoms. The van der Waals surface area contributed by atoms with Crippen LogP contribution in [0.5, 0.6) is 5.88 Å². The normalized spacial score (nSPS) is 11.3. The molecule has 0 aliphatic rings. The molecule has 6 aromatic rings. The summed E-state index contributed by atoms with van der Waals surface area (Å²) in [5.41, 5.74) is 4.93. The van der Waals surface area contributed by atoms with Crippen molar-refractivity contribution in [2.45, 2.75) is 33.0 Å². The van der Waals surface area contributed by atoms with Gasteiger partial charge < -0.3 is 23.7 Å². The maximum atomic E-state index is 15.7. The summed E-state index contributed by atoms with van der Waals surface area (Å²) in [4.78, 5) is 25.3. The van der Waals surface area contributed by atoms with Crippen LogP contribution in [0.4, 0.5) is 8.78 Å². The van der Waals surface area contributed by atoms with Gasteiger partial charge in [0.15, 0.2) is 0 Å². The Balaban J connectivity index is 1.27. The molecule has 0 saturated carbocycles. The van der Waals surface area contributed by atoms with Gasteiger partial charge in [0.05, 0.1) is 47.5 Å². The second-order valence-electron chi connectivity index (χ2n) is 10.9. The average Bonchev–Trinajstić information content (AvgIpc) is 3.64. The van der Waals surface area contributed by atoms with Crippen LogP contribution in [0.15, 0.2) is 85.3 Å². The third-order valence-corrected chi connectivity index (χ3v) is 7.73. The van der Waals surface area contributed by atoms with Crippen molar-refractivity contribution in [1.29, 1.82) is 0 Å². The Morgan fingerprint density at radius 1 is 0.957 bits per heavy atom. The lowest BCUT2D eigenvalue weighted by Gasteiger charge is -2.13. The van der Waals surface area contributed by atoms with E-state index in [-0.39, 0.29) is 24.4 Å². The van der Waals surface area contributed by atoms with Gasteiger partial charge in [-0.1, -0.05) is 30.3 Å². The maximum Gasteiger partial charge on any atom is 0.335 e. The molecule has 3 aromatic heterocycles. The Hall–Kier alpha value is -5.42. The number of halogens is 2. The summed E-state index contributed by atoms with van der Waals surface area (Å²) in [6, 6.07) is 19.7. The van der Waals surface area contributed by atoms with E-state index < -0.39 is 11.8 Å². The first-order valence-electron chi connectivity index (χ1n) is 14.6. The van der Waals surface area contributed by atoms with Gasteiger partial charge in [0.25, 0.3) is 0 Å². The molecule has 3 heterocycles.